The molecule has 114 valence electrons. The van der Waals surface area contributed by atoms with Crippen LogP contribution in [0.1, 0.15) is 37.7 Å². The lowest BCUT2D eigenvalue weighted by Crippen LogP contribution is -2.38. The van der Waals surface area contributed by atoms with Crippen LogP contribution in [0.25, 0.3) is 0 Å². The van der Waals surface area contributed by atoms with Crippen molar-refractivity contribution in [1.29, 1.82) is 0 Å². The molecule has 2 aliphatic rings. The van der Waals surface area contributed by atoms with Gasteiger partial charge in [-0.1, -0.05) is 18.6 Å². The Hall–Kier alpha value is -1.42. The van der Waals surface area contributed by atoms with Crippen LogP contribution in [0.5, 0.6) is 0 Å². The highest BCUT2D eigenvalue weighted by Gasteiger charge is 2.51. The summed E-state index contributed by atoms with van der Waals surface area (Å²) < 4.78 is 13.0. The average Bonchev–Trinajstić information content (AvgIpc) is 3.18. The molecule has 0 heterocycles. The zero-order valence-corrected chi connectivity index (χ0v) is 12.1. The molecule has 0 bridgehead atoms. The summed E-state index contributed by atoms with van der Waals surface area (Å²) in [6.45, 7) is 0.858. The molecule has 0 spiro atoms. The van der Waals surface area contributed by atoms with E-state index in [1.807, 2.05) is 0 Å². The number of hydrogen-bond acceptors (Lipinski definition) is 2. The maximum Gasteiger partial charge on any atom is 0.230 e. The summed E-state index contributed by atoms with van der Waals surface area (Å²) >= 11 is 0. The van der Waals surface area contributed by atoms with Crippen molar-refractivity contribution in [2.45, 2.75) is 37.5 Å². The monoisotopic (exact) mass is 291 g/mol. The van der Waals surface area contributed by atoms with E-state index in [0.29, 0.717) is 18.4 Å². The third-order valence-corrected chi connectivity index (χ3v) is 5.16. The molecule has 0 aromatic heterocycles. The van der Waals surface area contributed by atoms with Crippen LogP contribution in [0.2, 0.25) is 0 Å². The van der Waals surface area contributed by atoms with E-state index in [1.54, 1.807) is 12.1 Å². The number of halogens is 1. The van der Waals surface area contributed by atoms with Gasteiger partial charge in [-0.2, -0.15) is 0 Å². The fourth-order valence-electron chi connectivity index (χ4n) is 3.56. The molecular formula is C17H22FNO2. The van der Waals surface area contributed by atoms with E-state index < -0.39 is 5.41 Å². The molecule has 3 rings (SSSR count). The highest BCUT2D eigenvalue weighted by molar-refractivity contribution is 5.91. The number of nitrogens with one attached hydrogen (secondary N) is 1. The minimum Gasteiger partial charge on any atom is -0.396 e. The Labute approximate surface area is 124 Å². The molecule has 1 aromatic rings. The Morgan fingerprint density at radius 2 is 1.90 bits per heavy atom. The summed E-state index contributed by atoms with van der Waals surface area (Å²) in [5, 5.41) is 12.4. The lowest BCUT2D eigenvalue weighted by atomic mass is 9.93. The van der Waals surface area contributed by atoms with E-state index in [9.17, 15) is 14.3 Å². The first-order valence-electron chi connectivity index (χ1n) is 7.81. The highest BCUT2D eigenvalue weighted by Crippen LogP contribution is 2.48. The van der Waals surface area contributed by atoms with Crippen molar-refractivity contribution in [3.05, 3.63) is 35.6 Å². The molecule has 2 atom stereocenters. The maximum atomic E-state index is 13.0. The minimum absolute atomic E-state index is 0.0534. The maximum absolute atomic E-state index is 13.0. The van der Waals surface area contributed by atoms with Crippen molar-refractivity contribution in [1.82, 2.24) is 5.32 Å². The quantitative estimate of drug-likeness (QED) is 0.875. The van der Waals surface area contributed by atoms with Gasteiger partial charge in [0.15, 0.2) is 0 Å². The molecule has 2 aliphatic carbocycles. The third kappa shape index (κ3) is 2.82. The Bertz CT molecular complexity index is 510. The van der Waals surface area contributed by atoms with Crippen LogP contribution in [0, 0.1) is 17.7 Å². The number of hydrogen-bond donors (Lipinski definition) is 2. The molecule has 1 amide bonds. The zero-order chi connectivity index (χ0) is 14.9. The van der Waals surface area contributed by atoms with Crippen molar-refractivity contribution in [3.63, 3.8) is 0 Å². The van der Waals surface area contributed by atoms with Gasteiger partial charge in [-0.05, 0) is 55.2 Å². The number of aliphatic hydroxyl groups excluding tert-OH is 1. The van der Waals surface area contributed by atoms with Gasteiger partial charge in [-0.15, -0.1) is 0 Å². The second-order valence-corrected chi connectivity index (χ2v) is 6.43. The van der Waals surface area contributed by atoms with Crippen molar-refractivity contribution in [2.75, 3.05) is 13.2 Å². The summed E-state index contributed by atoms with van der Waals surface area (Å²) in [5.74, 6) is 0.499. The second-order valence-electron chi connectivity index (χ2n) is 6.43. The number of carbonyl (C=O) groups excluding carboxylic acids is 1. The predicted octanol–water partition coefficient (Wildman–Crippen LogP) is 2.38. The Balaban J connectivity index is 1.61. The van der Waals surface area contributed by atoms with E-state index in [0.717, 1.165) is 37.7 Å². The topological polar surface area (TPSA) is 49.3 Å². The molecule has 4 heteroatoms. The third-order valence-electron chi connectivity index (χ3n) is 5.16. The molecular weight excluding hydrogens is 269 g/mol. The first-order valence-corrected chi connectivity index (χ1v) is 7.81. The van der Waals surface area contributed by atoms with Gasteiger partial charge in [0.25, 0.3) is 0 Å². The first kappa shape index (κ1) is 14.5. The minimum atomic E-state index is -0.443. The SMILES string of the molecule is O=C(NCC1CCCC1CO)C1(c2ccc(F)cc2)CC1. The molecule has 2 fully saturated rings. The van der Waals surface area contributed by atoms with E-state index in [1.165, 1.54) is 12.1 Å². The summed E-state index contributed by atoms with van der Waals surface area (Å²) in [5.41, 5.74) is 0.465. The normalized spacial score (nSPS) is 26.6. The number of rotatable bonds is 5. The van der Waals surface area contributed by atoms with Crippen LogP contribution in [0.3, 0.4) is 0 Å². The number of carbonyl (C=O) groups is 1. The Morgan fingerprint density at radius 3 is 2.52 bits per heavy atom. The van der Waals surface area contributed by atoms with E-state index in [4.69, 9.17) is 0 Å². The number of amides is 1. The van der Waals surface area contributed by atoms with Crippen LogP contribution in [-0.4, -0.2) is 24.2 Å². The van der Waals surface area contributed by atoms with Gasteiger partial charge in [0.1, 0.15) is 5.82 Å². The molecule has 21 heavy (non-hydrogen) atoms. The van der Waals surface area contributed by atoms with Gasteiger partial charge in [0.05, 0.1) is 5.41 Å². The molecule has 1 aromatic carbocycles. The fraction of sp³-hybridized carbons (Fsp3) is 0.588. The molecule has 3 nitrogen and oxygen atoms in total. The molecule has 0 radical (unpaired) electrons. The van der Waals surface area contributed by atoms with E-state index >= 15 is 0 Å². The average molecular weight is 291 g/mol. The summed E-state index contributed by atoms with van der Waals surface area (Å²) in [4.78, 5) is 12.5. The van der Waals surface area contributed by atoms with Gasteiger partial charge < -0.3 is 10.4 Å². The first-order chi connectivity index (χ1) is 10.2. The van der Waals surface area contributed by atoms with Gasteiger partial charge in [0.2, 0.25) is 5.91 Å². The zero-order valence-electron chi connectivity index (χ0n) is 12.1. The standard InChI is InChI=1S/C17H22FNO2/c18-15-6-4-14(5-7-15)17(8-9-17)16(21)19-10-12-2-1-3-13(12)11-20/h4-7,12-13,20H,1-3,8-11H2,(H,19,21). The van der Waals surface area contributed by atoms with Gasteiger partial charge >= 0.3 is 0 Å². The van der Waals surface area contributed by atoms with Gasteiger partial charge in [-0.3, -0.25) is 4.79 Å². The number of aliphatic hydroxyl groups is 1. The summed E-state index contributed by atoms with van der Waals surface area (Å²) in [6.07, 6.45) is 4.93. The molecule has 2 N–H and O–H groups in total. The van der Waals surface area contributed by atoms with E-state index in [2.05, 4.69) is 5.32 Å². The van der Waals surface area contributed by atoms with Crippen LogP contribution >= 0.6 is 0 Å². The van der Waals surface area contributed by atoms with Crippen molar-refractivity contribution < 1.29 is 14.3 Å². The molecule has 2 unspecified atom stereocenters. The lowest BCUT2D eigenvalue weighted by Gasteiger charge is -2.21. The fourth-order valence-corrected chi connectivity index (χ4v) is 3.56. The summed E-state index contributed by atoms with van der Waals surface area (Å²) in [6, 6.07) is 6.27. The van der Waals surface area contributed by atoms with Crippen molar-refractivity contribution >= 4 is 5.91 Å². The largest absolute Gasteiger partial charge is 0.396 e. The number of benzene rings is 1. The Kier molecular flexibility index (Phi) is 3.98. The van der Waals surface area contributed by atoms with Crippen LogP contribution in [0.15, 0.2) is 24.3 Å². The van der Waals surface area contributed by atoms with Gasteiger partial charge in [0, 0.05) is 13.2 Å². The summed E-state index contributed by atoms with van der Waals surface area (Å²) in [7, 11) is 0. The van der Waals surface area contributed by atoms with Crippen LogP contribution < -0.4 is 5.32 Å². The van der Waals surface area contributed by atoms with E-state index in [-0.39, 0.29) is 18.3 Å². The lowest BCUT2D eigenvalue weighted by molar-refractivity contribution is -0.123. The highest BCUT2D eigenvalue weighted by atomic mass is 19.1. The van der Waals surface area contributed by atoms with Crippen LogP contribution in [-0.2, 0) is 10.2 Å². The van der Waals surface area contributed by atoms with Crippen LogP contribution in [0.4, 0.5) is 4.39 Å². The van der Waals surface area contributed by atoms with Gasteiger partial charge in [-0.25, -0.2) is 4.39 Å². The predicted molar refractivity (Wildman–Crippen MR) is 78.2 cm³/mol. The smallest absolute Gasteiger partial charge is 0.230 e. The Morgan fingerprint density at radius 1 is 1.24 bits per heavy atom. The molecule has 0 aliphatic heterocycles. The van der Waals surface area contributed by atoms with Crippen molar-refractivity contribution in [2.24, 2.45) is 11.8 Å². The molecule has 0 saturated heterocycles. The molecule has 2 saturated carbocycles. The van der Waals surface area contributed by atoms with Crippen molar-refractivity contribution in [3.8, 4) is 0 Å². The second kappa shape index (κ2) is 5.76.